The second kappa shape index (κ2) is 5.51. The zero-order chi connectivity index (χ0) is 14.1. The lowest BCUT2D eigenvalue weighted by Crippen LogP contribution is -2.28. The van der Waals surface area contributed by atoms with E-state index in [9.17, 15) is 0 Å². The number of aryl methyl sites for hydroxylation is 1. The fourth-order valence-electron chi connectivity index (χ4n) is 2.60. The van der Waals surface area contributed by atoms with Crippen LogP contribution in [0.4, 0.5) is 11.6 Å². The Bertz CT molecular complexity index is 643. The number of rotatable bonds is 2. The summed E-state index contributed by atoms with van der Waals surface area (Å²) in [6, 6.07) is 10.5. The highest BCUT2D eigenvalue weighted by molar-refractivity contribution is 6.37. The van der Waals surface area contributed by atoms with Crippen LogP contribution in [-0.4, -0.2) is 11.0 Å². The number of nitrogen functional groups attached to an aromatic ring is 1. The largest absolute Gasteiger partial charge is 0.382 e. The van der Waals surface area contributed by atoms with E-state index >= 15 is 0 Å². The van der Waals surface area contributed by atoms with Gasteiger partial charge in [0, 0.05) is 6.04 Å². The van der Waals surface area contributed by atoms with Gasteiger partial charge in [-0.3, -0.25) is 0 Å². The van der Waals surface area contributed by atoms with Crippen LogP contribution in [0, 0.1) is 0 Å². The summed E-state index contributed by atoms with van der Waals surface area (Å²) in [4.78, 5) is 4.23. The molecule has 0 bridgehead atoms. The van der Waals surface area contributed by atoms with Crippen molar-refractivity contribution in [1.82, 2.24) is 4.98 Å². The molecule has 1 atom stereocenters. The predicted molar refractivity (Wildman–Crippen MR) is 84.5 cm³/mol. The third-order valence-corrected chi connectivity index (χ3v) is 4.24. The van der Waals surface area contributed by atoms with Crippen LogP contribution < -0.4 is 11.1 Å². The number of hydrogen-bond donors (Lipinski definition) is 2. The molecule has 104 valence electrons. The van der Waals surface area contributed by atoms with E-state index in [-0.39, 0.29) is 0 Å². The van der Waals surface area contributed by atoms with E-state index in [0.717, 1.165) is 19.3 Å². The third kappa shape index (κ3) is 2.69. The van der Waals surface area contributed by atoms with Crippen LogP contribution in [0.15, 0.2) is 30.3 Å². The van der Waals surface area contributed by atoms with Gasteiger partial charge in [0.25, 0.3) is 0 Å². The summed E-state index contributed by atoms with van der Waals surface area (Å²) >= 11 is 12.1. The number of fused-ring (bicyclic) bond motifs is 1. The van der Waals surface area contributed by atoms with E-state index in [4.69, 9.17) is 28.9 Å². The van der Waals surface area contributed by atoms with Crippen molar-refractivity contribution in [2.45, 2.75) is 25.3 Å². The Morgan fingerprint density at radius 3 is 2.70 bits per heavy atom. The van der Waals surface area contributed by atoms with Crippen molar-refractivity contribution < 1.29 is 0 Å². The van der Waals surface area contributed by atoms with Gasteiger partial charge in [-0.15, -0.1) is 0 Å². The van der Waals surface area contributed by atoms with Gasteiger partial charge >= 0.3 is 0 Å². The molecule has 0 aliphatic heterocycles. The number of anilines is 2. The standard InChI is InChI=1S/C15H15Cl2N3/c16-12-8-13(17)15(20-14(12)18)19-11-6-5-9-3-1-2-4-10(9)7-11/h1-4,8,11H,5-7H2,(H3,18,19,20). The first-order chi connectivity index (χ1) is 9.63. The minimum atomic E-state index is 0.301. The van der Waals surface area contributed by atoms with Crippen LogP contribution in [0.5, 0.6) is 0 Å². The Labute approximate surface area is 128 Å². The van der Waals surface area contributed by atoms with Crippen LogP contribution in [0.25, 0.3) is 0 Å². The summed E-state index contributed by atoms with van der Waals surface area (Å²) in [7, 11) is 0. The van der Waals surface area contributed by atoms with Gasteiger partial charge in [-0.1, -0.05) is 47.5 Å². The van der Waals surface area contributed by atoms with Crippen LogP contribution in [0.2, 0.25) is 10.0 Å². The fourth-order valence-corrected chi connectivity index (χ4v) is 3.01. The maximum Gasteiger partial charge on any atom is 0.147 e. The maximum atomic E-state index is 6.16. The second-order valence-electron chi connectivity index (χ2n) is 5.04. The van der Waals surface area contributed by atoms with E-state index in [1.165, 1.54) is 11.1 Å². The molecule has 0 radical (unpaired) electrons. The minimum Gasteiger partial charge on any atom is -0.382 e. The van der Waals surface area contributed by atoms with E-state index in [1.54, 1.807) is 6.07 Å². The van der Waals surface area contributed by atoms with Gasteiger partial charge in [-0.25, -0.2) is 4.98 Å². The predicted octanol–water partition coefficient (Wildman–Crippen LogP) is 3.94. The molecule has 0 fully saturated rings. The molecule has 3 N–H and O–H groups in total. The molecule has 0 saturated carbocycles. The Kier molecular flexibility index (Phi) is 3.72. The van der Waals surface area contributed by atoms with E-state index in [0.29, 0.717) is 27.7 Å². The normalized spacial score (nSPS) is 17.6. The first-order valence-corrected chi connectivity index (χ1v) is 7.34. The SMILES string of the molecule is Nc1nc(NC2CCc3ccccc3C2)c(Cl)cc1Cl. The number of nitrogens with zero attached hydrogens (tertiary/aromatic N) is 1. The Hall–Kier alpha value is -1.45. The Morgan fingerprint density at radius 1 is 1.15 bits per heavy atom. The molecule has 1 unspecified atom stereocenters. The molecule has 1 aliphatic rings. The highest BCUT2D eigenvalue weighted by Gasteiger charge is 2.19. The number of hydrogen-bond acceptors (Lipinski definition) is 3. The van der Waals surface area contributed by atoms with Gasteiger partial charge in [-0.05, 0) is 36.5 Å². The molecule has 1 aromatic heterocycles. The number of pyridine rings is 1. The quantitative estimate of drug-likeness (QED) is 0.883. The van der Waals surface area contributed by atoms with Gasteiger partial charge in [0.15, 0.2) is 0 Å². The summed E-state index contributed by atoms with van der Waals surface area (Å²) in [5, 5.41) is 4.26. The topological polar surface area (TPSA) is 50.9 Å². The third-order valence-electron chi connectivity index (χ3n) is 3.64. The Balaban J connectivity index is 1.78. The molecule has 1 aromatic carbocycles. The number of nitrogens with two attached hydrogens (primary N) is 1. The van der Waals surface area contributed by atoms with Crippen LogP contribution in [0.3, 0.4) is 0 Å². The van der Waals surface area contributed by atoms with Crippen molar-refractivity contribution in [1.29, 1.82) is 0 Å². The van der Waals surface area contributed by atoms with Gasteiger partial charge < -0.3 is 11.1 Å². The van der Waals surface area contributed by atoms with E-state index in [2.05, 4.69) is 34.6 Å². The molecule has 2 aromatic rings. The minimum absolute atomic E-state index is 0.301. The lowest BCUT2D eigenvalue weighted by molar-refractivity contribution is 0.609. The molecular weight excluding hydrogens is 293 g/mol. The molecule has 1 heterocycles. The number of nitrogens with one attached hydrogen (secondary N) is 1. The fraction of sp³-hybridized carbons (Fsp3) is 0.267. The average molecular weight is 308 g/mol. The van der Waals surface area contributed by atoms with Crippen molar-refractivity contribution in [2.75, 3.05) is 11.1 Å². The molecule has 0 saturated heterocycles. The van der Waals surface area contributed by atoms with Crippen LogP contribution in [0.1, 0.15) is 17.5 Å². The smallest absolute Gasteiger partial charge is 0.147 e. The van der Waals surface area contributed by atoms with Gasteiger partial charge in [0.2, 0.25) is 0 Å². The second-order valence-corrected chi connectivity index (χ2v) is 5.85. The summed E-state index contributed by atoms with van der Waals surface area (Å²) in [6.07, 6.45) is 3.09. The molecule has 20 heavy (non-hydrogen) atoms. The van der Waals surface area contributed by atoms with Crippen molar-refractivity contribution >= 4 is 34.8 Å². The summed E-state index contributed by atoms with van der Waals surface area (Å²) in [6.45, 7) is 0. The van der Waals surface area contributed by atoms with Crippen LogP contribution >= 0.6 is 23.2 Å². The molecular formula is C15H15Cl2N3. The number of aromatic nitrogens is 1. The van der Waals surface area contributed by atoms with Crippen molar-refractivity contribution in [2.24, 2.45) is 0 Å². The van der Waals surface area contributed by atoms with E-state index < -0.39 is 0 Å². The summed E-state index contributed by atoms with van der Waals surface area (Å²) in [5.74, 6) is 0.910. The lowest BCUT2D eigenvalue weighted by atomic mass is 9.88. The van der Waals surface area contributed by atoms with Crippen molar-refractivity contribution in [3.8, 4) is 0 Å². The lowest BCUT2D eigenvalue weighted by Gasteiger charge is -2.26. The first-order valence-electron chi connectivity index (χ1n) is 6.58. The zero-order valence-corrected chi connectivity index (χ0v) is 12.4. The molecule has 1 aliphatic carbocycles. The summed E-state index contributed by atoms with van der Waals surface area (Å²) < 4.78 is 0. The van der Waals surface area contributed by atoms with Gasteiger partial charge in [-0.2, -0.15) is 0 Å². The highest BCUT2D eigenvalue weighted by Crippen LogP contribution is 2.30. The van der Waals surface area contributed by atoms with Gasteiger partial charge in [0.05, 0.1) is 10.0 Å². The number of benzene rings is 1. The molecule has 0 amide bonds. The monoisotopic (exact) mass is 307 g/mol. The van der Waals surface area contributed by atoms with Crippen molar-refractivity contribution in [3.63, 3.8) is 0 Å². The zero-order valence-electron chi connectivity index (χ0n) is 10.9. The molecule has 3 rings (SSSR count). The first kappa shape index (κ1) is 13.5. The van der Waals surface area contributed by atoms with Gasteiger partial charge in [0.1, 0.15) is 11.6 Å². The molecule has 3 nitrogen and oxygen atoms in total. The number of halogens is 2. The average Bonchev–Trinajstić information content (AvgIpc) is 2.44. The molecule has 5 heteroatoms. The molecule has 0 spiro atoms. The highest BCUT2D eigenvalue weighted by atomic mass is 35.5. The Morgan fingerprint density at radius 2 is 1.90 bits per heavy atom. The van der Waals surface area contributed by atoms with Crippen LogP contribution in [-0.2, 0) is 12.8 Å². The maximum absolute atomic E-state index is 6.16. The summed E-state index contributed by atoms with van der Waals surface area (Å²) in [5.41, 5.74) is 8.54. The van der Waals surface area contributed by atoms with Crippen molar-refractivity contribution in [3.05, 3.63) is 51.5 Å². The van der Waals surface area contributed by atoms with E-state index in [1.807, 2.05) is 0 Å².